The van der Waals surface area contributed by atoms with E-state index >= 15 is 0 Å². The molecule has 0 spiro atoms. The Bertz CT molecular complexity index is 1470. The molecule has 0 atom stereocenters. The van der Waals surface area contributed by atoms with E-state index < -0.39 is 0 Å². The Kier molecular flexibility index (Phi) is 4.08. The van der Waals surface area contributed by atoms with Gasteiger partial charge in [0.1, 0.15) is 0 Å². The number of nitrogens with one attached hydrogen (secondary N) is 1. The van der Waals surface area contributed by atoms with Crippen molar-refractivity contribution in [3.63, 3.8) is 0 Å². The first-order chi connectivity index (χ1) is 15.3. The highest BCUT2D eigenvalue weighted by atomic mass is 16.7. The SMILES string of the molecule is CC1(C)OB(c2ccc(-c3nc4ccccc4c4[nH]c5ccccc5c34)cc2)OC1(C)C. The van der Waals surface area contributed by atoms with Crippen molar-refractivity contribution in [2.24, 2.45) is 0 Å². The first kappa shape index (κ1) is 19.5. The monoisotopic (exact) mass is 420 g/mol. The fraction of sp³-hybridized carbons (Fsp3) is 0.222. The van der Waals surface area contributed by atoms with Crippen LogP contribution in [0.5, 0.6) is 0 Å². The molecular weight excluding hydrogens is 395 g/mol. The van der Waals surface area contributed by atoms with Gasteiger partial charge < -0.3 is 14.3 Å². The zero-order valence-electron chi connectivity index (χ0n) is 18.8. The number of nitrogens with zero attached hydrogens (tertiary/aromatic N) is 1. The molecule has 5 aromatic rings. The van der Waals surface area contributed by atoms with Crippen molar-refractivity contribution >= 4 is 45.3 Å². The summed E-state index contributed by atoms with van der Waals surface area (Å²) in [6.07, 6.45) is 0. The Morgan fingerprint density at radius 1 is 0.750 bits per heavy atom. The maximum absolute atomic E-state index is 6.23. The van der Waals surface area contributed by atoms with Gasteiger partial charge in [-0.25, -0.2) is 4.98 Å². The van der Waals surface area contributed by atoms with Crippen LogP contribution in [0.3, 0.4) is 0 Å². The standard InChI is InChI=1S/C27H25BN2O2/c1-26(2)27(3,4)32-28(31-26)18-15-13-17(14-16-18)24-23-19-9-5-7-11-21(19)30-25(23)20-10-6-8-12-22(20)29-24/h5-16,30H,1-4H3. The molecule has 0 aliphatic carbocycles. The molecule has 1 N–H and O–H groups in total. The third-order valence-electron chi connectivity index (χ3n) is 7.06. The van der Waals surface area contributed by atoms with Crippen molar-refractivity contribution in [2.75, 3.05) is 0 Å². The molecule has 3 aromatic carbocycles. The van der Waals surface area contributed by atoms with Crippen LogP contribution in [0.2, 0.25) is 0 Å². The summed E-state index contributed by atoms with van der Waals surface area (Å²) in [5.41, 5.74) is 5.60. The fourth-order valence-electron chi connectivity index (χ4n) is 4.53. The van der Waals surface area contributed by atoms with Crippen molar-refractivity contribution in [1.82, 2.24) is 9.97 Å². The molecule has 0 bridgehead atoms. The number of aromatic amines is 1. The number of hydrogen-bond donors (Lipinski definition) is 1. The molecule has 32 heavy (non-hydrogen) atoms. The van der Waals surface area contributed by atoms with E-state index in [4.69, 9.17) is 14.3 Å². The summed E-state index contributed by atoms with van der Waals surface area (Å²) >= 11 is 0. The maximum atomic E-state index is 6.23. The average Bonchev–Trinajstić information content (AvgIpc) is 3.27. The van der Waals surface area contributed by atoms with Crippen molar-refractivity contribution in [3.8, 4) is 11.3 Å². The lowest BCUT2D eigenvalue weighted by molar-refractivity contribution is 0.00578. The molecule has 1 saturated heterocycles. The number of rotatable bonds is 2. The highest BCUT2D eigenvalue weighted by Crippen LogP contribution is 2.38. The maximum Gasteiger partial charge on any atom is 0.494 e. The number of pyridine rings is 1. The van der Waals surface area contributed by atoms with Crippen molar-refractivity contribution in [1.29, 1.82) is 0 Å². The molecule has 0 radical (unpaired) electrons. The minimum Gasteiger partial charge on any atom is -0.399 e. The molecule has 2 aromatic heterocycles. The predicted octanol–water partition coefficient (Wildman–Crippen LogP) is 5.84. The molecule has 1 aliphatic heterocycles. The Morgan fingerprint density at radius 2 is 1.38 bits per heavy atom. The average molecular weight is 420 g/mol. The number of aromatic nitrogens is 2. The van der Waals surface area contributed by atoms with E-state index in [0.717, 1.165) is 44.0 Å². The molecular formula is C27H25BN2O2. The van der Waals surface area contributed by atoms with Gasteiger partial charge in [-0.2, -0.15) is 0 Å². The normalized spacial score (nSPS) is 17.6. The highest BCUT2D eigenvalue weighted by molar-refractivity contribution is 6.62. The molecule has 6 rings (SSSR count). The zero-order chi connectivity index (χ0) is 22.1. The summed E-state index contributed by atoms with van der Waals surface area (Å²) < 4.78 is 12.5. The van der Waals surface area contributed by atoms with Crippen LogP contribution in [-0.2, 0) is 9.31 Å². The second-order valence-corrected chi connectivity index (χ2v) is 9.61. The number of H-pyrrole nitrogens is 1. The summed E-state index contributed by atoms with van der Waals surface area (Å²) in [6, 6.07) is 25.2. The topological polar surface area (TPSA) is 47.1 Å². The van der Waals surface area contributed by atoms with E-state index in [1.807, 2.05) is 6.07 Å². The molecule has 1 fully saturated rings. The minimum absolute atomic E-state index is 0.355. The van der Waals surface area contributed by atoms with Gasteiger partial charge in [0.2, 0.25) is 0 Å². The van der Waals surface area contributed by atoms with Gasteiger partial charge in [-0.3, -0.25) is 0 Å². The van der Waals surface area contributed by atoms with Crippen LogP contribution >= 0.6 is 0 Å². The van der Waals surface area contributed by atoms with Crippen LogP contribution in [0.1, 0.15) is 27.7 Å². The molecule has 0 saturated carbocycles. The van der Waals surface area contributed by atoms with Crippen molar-refractivity contribution in [2.45, 2.75) is 38.9 Å². The van der Waals surface area contributed by atoms with Gasteiger partial charge in [0.25, 0.3) is 0 Å². The predicted molar refractivity (Wildman–Crippen MR) is 132 cm³/mol. The third-order valence-corrected chi connectivity index (χ3v) is 7.06. The lowest BCUT2D eigenvalue weighted by Gasteiger charge is -2.32. The number of hydrogen-bond acceptors (Lipinski definition) is 3. The Balaban J connectivity index is 1.51. The van der Waals surface area contributed by atoms with Crippen LogP contribution in [0.4, 0.5) is 0 Å². The molecule has 3 heterocycles. The minimum atomic E-state index is -0.369. The number of fused-ring (bicyclic) bond motifs is 5. The molecule has 158 valence electrons. The second kappa shape index (κ2) is 6.68. The van der Waals surface area contributed by atoms with E-state index in [1.165, 1.54) is 5.39 Å². The van der Waals surface area contributed by atoms with Gasteiger partial charge in [-0.1, -0.05) is 60.7 Å². The van der Waals surface area contributed by atoms with Gasteiger partial charge in [0.15, 0.2) is 0 Å². The van der Waals surface area contributed by atoms with Crippen molar-refractivity contribution in [3.05, 3.63) is 72.8 Å². The molecule has 5 heteroatoms. The molecule has 0 amide bonds. The van der Waals surface area contributed by atoms with Gasteiger partial charge in [-0.15, -0.1) is 0 Å². The molecule has 1 aliphatic rings. The van der Waals surface area contributed by atoms with Crippen molar-refractivity contribution < 1.29 is 9.31 Å². The van der Waals surface area contributed by atoms with E-state index in [0.29, 0.717) is 0 Å². The van der Waals surface area contributed by atoms with Gasteiger partial charge in [0.05, 0.1) is 27.9 Å². The fourth-order valence-corrected chi connectivity index (χ4v) is 4.53. The van der Waals surface area contributed by atoms with E-state index in [1.54, 1.807) is 0 Å². The van der Waals surface area contributed by atoms with E-state index in [-0.39, 0.29) is 18.3 Å². The highest BCUT2D eigenvalue weighted by Gasteiger charge is 2.51. The van der Waals surface area contributed by atoms with Crippen LogP contribution < -0.4 is 5.46 Å². The smallest absolute Gasteiger partial charge is 0.399 e. The number of benzene rings is 3. The summed E-state index contributed by atoms with van der Waals surface area (Å²) in [5.74, 6) is 0. The van der Waals surface area contributed by atoms with E-state index in [2.05, 4.69) is 99.4 Å². The van der Waals surface area contributed by atoms with Crippen LogP contribution in [-0.4, -0.2) is 28.3 Å². The molecule has 4 nitrogen and oxygen atoms in total. The third kappa shape index (κ3) is 2.82. The summed E-state index contributed by atoms with van der Waals surface area (Å²) in [5, 5.41) is 3.48. The lowest BCUT2D eigenvalue weighted by Crippen LogP contribution is -2.41. The Morgan fingerprint density at radius 3 is 2.09 bits per heavy atom. The Hall–Kier alpha value is -3.15. The van der Waals surface area contributed by atoms with E-state index in [9.17, 15) is 0 Å². The summed E-state index contributed by atoms with van der Waals surface area (Å²) in [6.45, 7) is 8.31. The summed E-state index contributed by atoms with van der Waals surface area (Å²) in [7, 11) is -0.369. The summed E-state index contributed by atoms with van der Waals surface area (Å²) in [4.78, 5) is 8.71. The van der Waals surface area contributed by atoms with Gasteiger partial charge >= 0.3 is 7.12 Å². The van der Waals surface area contributed by atoms with Crippen LogP contribution in [0.15, 0.2) is 72.8 Å². The van der Waals surface area contributed by atoms with Crippen LogP contribution in [0.25, 0.3) is 44.0 Å². The molecule has 0 unspecified atom stereocenters. The first-order valence-electron chi connectivity index (χ1n) is 11.1. The number of para-hydroxylation sites is 2. The lowest BCUT2D eigenvalue weighted by atomic mass is 9.78. The second-order valence-electron chi connectivity index (χ2n) is 9.61. The first-order valence-corrected chi connectivity index (χ1v) is 11.1. The largest absolute Gasteiger partial charge is 0.494 e. The zero-order valence-corrected chi connectivity index (χ0v) is 18.8. The van der Waals surface area contributed by atoms with Gasteiger partial charge in [0, 0.05) is 27.2 Å². The quantitative estimate of drug-likeness (QED) is 0.365. The van der Waals surface area contributed by atoms with Gasteiger partial charge in [-0.05, 0) is 45.3 Å². The Labute approximate surface area is 187 Å². The van der Waals surface area contributed by atoms with Crippen LogP contribution in [0, 0.1) is 0 Å².